The molecule has 1 unspecified atom stereocenters. The van der Waals surface area contributed by atoms with Crippen molar-refractivity contribution in [3.8, 4) is 5.75 Å². The molecule has 1 aliphatic heterocycles. The lowest BCUT2D eigenvalue weighted by molar-refractivity contribution is -0.146. The van der Waals surface area contributed by atoms with Crippen LogP contribution in [0.25, 0.3) is 11.0 Å². The first-order valence-corrected chi connectivity index (χ1v) is 8.54. The van der Waals surface area contributed by atoms with Crippen LogP contribution in [0, 0.1) is 19.8 Å². The van der Waals surface area contributed by atoms with Gasteiger partial charge in [0.05, 0.1) is 5.92 Å². The summed E-state index contributed by atoms with van der Waals surface area (Å²) in [5.74, 6) is -1.18. The van der Waals surface area contributed by atoms with E-state index in [1.54, 1.807) is 19.1 Å². The van der Waals surface area contributed by atoms with E-state index in [0.29, 0.717) is 36.3 Å². The summed E-state index contributed by atoms with van der Waals surface area (Å²) < 4.78 is 10.9. The Bertz CT molecular complexity index is 916. The molecule has 2 heterocycles. The Hall–Kier alpha value is -2.83. The number of carboxylic acid groups (broad SMARTS) is 1. The number of piperidine rings is 1. The van der Waals surface area contributed by atoms with Crippen LogP contribution in [0.3, 0.4) is 0 Å². The molecule has 0 bridgehead atoms. The highest BCUT2D eigenvalue weighted by molar-refractivity contribution is 5.85. The monoisotopic (exact) mass is 359 g/mol. The highest BCUT2D eigenvalue weighted by atomic mass is 16.5. The molecule has 1 fully saturated rings. The van der Waals surface area contributed by atoms with Crippen molar-refractivity contribution in [2.45, 2.75) is 26.7 Å². The number of aryl methyl sites for hydroxylation is 2. The highest BCUT2D eigenvalue weighted by Gasteiger charge is 2.28. The lowest BCUT2D eigenvalue weighted by Crippen LogP contribution is -2.44. The average molecular weight is 359 g/mol. The van der Waals surface area contributed by atoms with Crippen molar-refractivity contribution in [1.29, 1.82) is 0 Å². The second-order valence-corrected chi connectivity index (χ2v) is 6.62. The van der Waals surface area contributed by atoms with E-state index in [1.807, 2.05) is 6.92 Å². The Labute approximate surface area is 150 Å². The summed E-state index contributed by atoms with van der Waals surface area (Å²) in [7, 11) is 0. The minimum Gasteiger partial charge on any atom is -0.483 e. The maximum atomic E-state index is 12.4. The van der Waals surface area contributed by atoms with Gasteiger partial charge in [-0.2, -0.15) is 0 Å². The molecule has 7 heteroatoms. The molecule has 1 aliphatic rings. The number of carbonyl (C=O) groups excluding carboxylic acids is 1. The van der Waals surface area contributed by atoms with Crippen molar-refractivity contribution in [2.24, 2.45) is 5.92 Å². The number of fused-ring (bicyclic) bond motifs is 1. The zero-order chi connectivity index (χ0) is 18.8. The largest absolute Gasteiger partial charge is 0.483 e. The third kappa shape index (κ3) is 3.56. The van der Waals surface area contributed by atoms with Gasteiger partial charge in [0, 0.05) is 30.1 Å². The van der Waals surface area contributed by atoms with Gasteiger partial charge < -0.3 is 19.2 Å². The number of likely N-dealkylation sites (tertiary alicyclic amines) is 1. The van der Waals surface area contributed by atoms with Gasteiger partial charge in [0.2, 0.25) is 0 Å². The summed E-state index contributed by atoms with van der Waals surface area (Å²) in [6.07, 6.45) is 1.25. The predicted octanol–water partition coefficient (Wildman–Crippen LogP) is 2.11. The third-order valence-electron chi connectivity index (χ3n) is 4.79. The molecule has 7 nitrogen and oxygen atoms in total. The first-order chi connectivity index (χ1) is 12.4. The smallest absolute Gasteiger partial charge is 0.336 e. The normalized spacial score (nSPS) is 17.3. The van der Waals surface area contributed by atoms with Gasteiger partial charge >= 0.3 is 11.6 Å². The average Bonchev–Trinajstić information content (AvgIpc) is 2.61. The summed E-state index contributed by atoms with van der Waals surface area (Å²) in [5, 5.41) is 9.94. The number of amides is 1. The molecule has 0 saturated carbocycles. The second kappa shape index (κ2) is 7.19. The van der Waals surface area contributed by atoms with Gasteiger partial charge in [-0.1, -0.05) is 0 Å². The van der Waals surface area contributed by atoms with Gasteiger partial charge in [-0.05, 0) is 44.4 Å². The van der Waals surface area contributed by atoms with Crippen LogP contribution in [0.4, 0.5) is 0 Å². The van der Waals surface area contributed by atoms with Crippen molar-refractivity contribution >= 4 is 22.8 Å². The SMILES string of the molecule is Cc1cc(=O)oc2c(C)c(OCC(=O)N3CCCC(C(=O)O)C3)ccc12. The first kappa shape index (κ1) is 18.0. The fraction of sp³-hybridized carbons (Fsp3) is 0.421. The number of ether oxygens (including phenoxy) is 1. The minimum absolute atomic E-state index is 0.186. The van der Waals surface area contributed by atoms with Gasteiger partial charge in [0.1, 0.15) is 11.3 Å². The maximum absolute atomic E-state index is 12.4. The van der Waals surface area contributed by atoms with E-state index in [1.165, 1.54) is 11.0 Å². The number of rotatable bonds is 4. The predicted molar refractivity (Wildman–Crippen MR) is 94.4 cm³/mol. The Morgan fingerprint density at radius 1 is 1.35 bits per heavy atom. The van der Waals surface area contributed by atoms with Crippen LogP contribution in [0.5, 0.6) is 5.75 Å². The second-order valence-electron chi connectivity index (χ2n) is 6.62. The minimum atomic E-state index is -0.876. The van der Waals surface area contributed by atoms with E-state index < -0.39 is 17.5 Å². The van der Waals surface area contributed by atoms with Gasteiger partial charge in [-0.15, -0.1) is 0 Å². The van der Waals surface area contributed by atoms with E-state index in [2.05, 4.69) is 0 Å². The molecule has 2 aromatic rings. The lowest BCUT2D eigenvalue weighted by Gasteiger charge is -2.30. The first-order valence-electron chi connectivity index (χ1n) is 8.54. The Kier molecular flexibility index (Phi) is 4.97. The summed E-state index contributed by atoms with van der Waals surface area (Å²) >= 11 is 0. The van der Waals surface area contributed by atoms with Crippen molar-refractivity contribution < 1.29 is 23.8 Å². The number of carbonyl (C=O) groups is 2. The summed E-state index contributed by atoms with van der Waals surface area (Å²) in [6, 6.07) is 4.97. The van der Waals surface area contributed by atoms with E-state index in [-0.39, 0.29) is 19.1 Å². The van der Waals surface area contributed by atoms with E-state index in [9.17, 15) is 14.4 Å². The molecule has 0 radical (unpaired) electrons. The van der Waals surface area contributed by atoms with Crippen molar-refractivity contribution in [2.75, 3.05) is 19.7 Å². The van der Waals surface area contributed by atoms with Crippen LogP contribution in [-0.2, 0) is 9.59 Å². The van der Waals surface area contributed by atoms with Crippen molar-refractivity contribution in [3.05, 3.63) is 39.7 Å². The van der Waals surface area contributed by atoms with Crippen LogP contribution in [0.15, 0.2) is 27.4 Å². The third-order valence-corrected chi connectivity index (χ3v) is 4.79. The van der Waals surface area contributed by atoms with Crippen LogP contribution in [0.1, 0.15) is 24.0 Å². The molecule has 0 aliphatic carbocycles. The molecule has 1 atom stereocenters. The van der Waals surface area contributed by atoms with E-state index in [0.717, 1.165) is 10.9 Å². The molecule has 26 heavy (non-hydrogen) atoms. The number of benzene rings is 1. The van der Waals surface area contributed by atoms with E-state index in [4.69, 9.17) is 14.3 Å². The molecule has 0 spiro atoms. The molecule has 3 rings (SSSR count). The maximum Gasteiger partial charge on any atom is 0.336 e. The number of nitrogens with zero attached hydrogens (tertiary/aromatic N) is 1. The number of aliphatic carboxylic acids is 1. The highest BCUT2D eigenvalue weighted by Crippen LogP contribution is 2.28. The number of hydrogen-bond donors (Lipinski definition) is 1. The molecular formula is C19H21NO6. The summed E-state index contributed by atoms with van der Waals surface area (Å²) in [5.41, 5.74) is 1.48. The van der Waals surface area contributed by atoms with E-state index >= 15 is 0 Å². The molecule has 1 amide bonds. The number of hydrogen-bond acceptors (Lipinski definition) is 5. The van der Waals surface area contributed by atoms with Gasteiger partial charge in [-0.3, -0.25) is 9.59 Å². The Balaban J connectivity index is 1.73. The quantitative estimate of drug-likeness (QED) is 0.840. The van der Waals surface area contributed by atoms with Gasteiger partial charge in [-0.25, -0.2) is 4.79 Å². The molecular weight excluding hydrogens is 338 g/mol. The molecule has 1 aromatic carbocycles. The molecule has 138 valence electrons. The van der Waals surface area contributed by atoms with Crippen LogP contribution >= 0.6 is 0 Å². The van der Waals surface area contributed by atoms with Crippen molar-refractivity contribution in [3.63, 3.8) is 0 Å². The van der Waals surface area contributed by atoms with Gasteiger partial charge in [0.15, 0.2) is 6.61 Å². The van der Waals surface area contributed by atoms with Gasteiger partial charge in [0.25, 0.3) is 5.91 Å². The van der Waals surface area contributed by atoms with Crippen LogP contribution in [-0.4, -0.2) is 41.6 Å². The van der Waals surface area contributed by atoms with Crippen LogP contribution < -0.4 is 10.4 Å². The topological polar surface area (TPSA) is 97.0 Å². The zero-order valence-electron chi connectivity index (χ0n) is 14.8. The Morgan fingerprint density at radius 3 is 2.85 bits per heavy atom. The fourth-order valence-electron chi connectivity index (χ4n) is 3.29. The zero-order valence-corrected chi connectivity index (χ0v) is 14.8. The van der Waals surface area contributed by atoms with Crippen molar-refractivity contribution in [1.82, 2.24) is 4.90 Å². The summed E-state index contributed by atoms with van der Waals surface area (Å²) in [6.45, 7) is 4.16. The molecule has 1 N–H and O–H groups in total. The lowest BCUT2D eigenvalue weighted by atomic mass is 9.98. The molecule has 1 saturated heterocycles. The standard InChI is InChI=1S/C19H21NO6/c1-11-8-17(22)26-18-12(2)15(6-5-14(11)18)25-10-16(21)20-7-3-4-13(9-20)19(23)24/h5-6,8,13H,3-4,7,9-10H2,1-2H3,(H,23,24). The number of carboxylic acids is 1. The fourth-order valence-corrected chi connectivity index (χ4v) is 3.29. The van der Waals surface area contributed by atoms with Crippen LogP contribution in [0.2, 0.25) is 0 Å². The summed E-state index contributed by atoms with van der Waals surface area (Å²) in [4.78, 5) is 36.6. The molecule has 1 aromatic heterocycles. The Morgan fingerprint density at radius 2 is 2.12 bits per heavy atom.